The van der Waals surface area contributed by atoms with Gasteiger partial charge in [0.2, 0.25) is 0 Å². The maximum atomic E-state index is 13.8. The normalized spacial score (nSPS) is 13.1. The number of fused-ring (bicyclic) bond motifs is 1. The van der Waals surface area contributed by atoms with Gasteiger partial charge in [0.05, 0.1) is 17.6 Å². The van der Waals surface area contributed by atoms with Gasteiger partial charge in [-0.3, -0.25) is 14.2 Å². The zero-order chi connectivity index (χ0) is 27.2. The Balaban J connectivity index is 1.65. The van der Waals surface area contributed by atoms with Gasteiger partial charge in [0, 0.05) is 30.1 Å². The predicted octanol–water partition coefficient (Wildman–Crippen LogP) is 5.20. The number of rotatable bonds is 11. The predicted molar refractivity (Wildman–Crippen MR) is 155 cm³/mol. The third-order valence-corrected chi connectivity index (χ3v) is 7.67. The van der Waals surface area contributed by atoms with Crippen LogP contribution >= 0.6 is 11.5 Å². The molecule has 2 aromatic carbocycles. The van der Waals surface area contributed by atoms with Crippen molar-refractivity contribution in [3.63, 3.8) is 0 Å². The second-order valence-corrected chi connectivity index (χ2v) is 10.9. The maximum absolute atomic E-state index is 13.8. The molecule has 0 saturated carbocycles. The largest absolute Gasteiger partial charge is 0.352 e. The lowest BCUT2D eigenvalue weighted by atomic mass is 9.92. The number of hydrogen-bond acceptors (Lipinski definition) is 6. The summed E-state index contributed by atoms with van der Waals surface area (Å²) in [5, 5.41) is 7.37. The van der Waals surface area contributed by atoms with Crippen molar-refractivity contribution < 1.29 is 4.79 Å². The van der Waals surface area contributed by atoms with E-state index in [1.54, 1.807) is 0 Å². The fourth-order valence-corrected chi connectivity index (χ4v) is 5.68. The molecule has 200 valence electrons. The standard InChI is InChI=1S/C30H37N5O2S/c1-6-24(25(32-19(2)3)16-17-31-28(36)23-14-12-20(4)13-15-23)27-33-29-26(21(5)34-38-29)30(37)35(27)18-22-10-8-7-9-11-22/h7-15,19,24-25,32H,6,16-18H2,1-5H3,(H,31,36). The van der Waals surface area contributed by atoms with E-state index >= 15 is 0 Å². The molecule has 0 saturated heterocycles. The van der Waals surface area contributed by atoms with E-state index in [1.165, 1.54) is 11.5 Å². The molecule has 4 aromatic rings. The van der Waals surface area contributed by atoms with Crippen molar-refractivity contribution in [1.29, 1.82) is 0 Å². The number of carbonyl (C=O) groups is 1. The molecule has 8 heteroatoms. The first-order valence-electron chi connectivity index (χ1n) is 13.3. The highest BCUT2D eigenvalue weighted by molar-refractivity contribution is 7.12. The smallest absolute Gasteiger partial charge is 0.264 e. The highest BCUT2D eigenvalue weighted by Crippen LogP contribution is 2.27. The van der Waals surface area contributed by atoms with E-state index in [2.05, 4.69) is 35.8 Å². The highest BCUT2D eigenvalue weighted by atomic mass is 32.1. The topological polar surface area (TPSA) is 88.9 Å². The van der Waals surface area contributed by atoms with Gasteiger partial charge in [-0.25, -0.2) is 4.98 Å². The second-order valence-electron chi connectivity index (χ2n) is 10.1. The van der Waals surface area contributed by atoms with Crippen LogP contribution in [0.15, 0.2) is 59.4 Å². The first kappa shape index (κ1) is 27.7. The van der Waals surface area contributed by atoms with Gasteiger partial charge in [0.15, 0.2) is 4.83 Å². The summed E-state index contributed by atoms with van der Waals surface area (Å²) in [6, 6.07) is 17.8. The second kappa shape index (κ2) is 12.5. The number of hydrogen-bond donors (Lipinski definition) is 2. The third-order valence-electron chi connectivity index (χ3n) is 6.84. The van der Waals surface area contributed by atoms with E-state index in [1.807, 2.05) is 73.0 Å². The molecule has 2 unspecified atom stereocenters. The average Bonchev–Trinajstić information content (AvgIpc) is 3.27. The summed E-state index contributed by atoms with van der Waals surface area (Å²) in [5.41, 5.74) is 3.50. The zero-order valence-corrected chi connectivity index (χ0v) is 23.6. The van der Waals surface area contributed by atoms with E-state index in [0.717, 1.165) is 29.1 Å². The van der Waals surface area contributed by atoms with Crippen molar-refractivity contribution in [3.8, 4) is 0 Å². The minimum atomic E-state index is -0.0815. The molecule has 0 radical (unpaired) electrons. The van der Waals surface area contributed by atoms with E-state index < -0.39 is 0 Å². The lowest BCUT2D eigenvalue weighted by Crippen LogP contribution is -2.43. The van der Waals surface area contributed by atoms with Gasteiger partial charge < -0.3 is 10.6 Å². The number of aryl methyl sites for hydroxylation is 2. The quantitative estimate of drug-likeness (QED) is 0.278. The Kier molecular flexibility index (Phi) is 9.07. The molecular weight excluding hydrogens is 494 g/mol. The number of amides is 1. The zero-order valence-electron chi connectivity index (χ0n) is 22.8. The summed E-state index contributed by atoms with van der Waals surface area (Å²) in [6.45, 7) is 11.2. The highest BCUT2D eigenvalue weighted by Gasteiger charge is 2.28. The molecule has 2 heterocycles. The summed E-state index contributed by atoms with van der Waals surface area (Å²) >= 11 is 1.28. The van der Waals surface area contributed by atoms with Crippen LogP contribution in [0.1, 0.15) is 72.5 Å². The minimum absolute atomic E-state index is 0.0127. The van der Waals surface area contributed by atoms with Gasteiger partial charge in [-0.15, -0.1) is 0 Å². The molecule has 38 heavy (non-hydrogen) atoms. The van der Waals surface area contributed by atoms with Gasteiger partial charge in [0.25, 0.3) is 11.5 Å². The Bertz CT molecular complexity index is 1430. The Labute approximate surface area is 228 Å². The molecule has 0 aliphatic rings. The van der Waals surface area contributed by atoms with Crippen LogP contribution in [0, 0.1) is 13.8 Å². The Morgan fingerprint density at radius 3 is 2.42 bits per heavy atom. The molecule has 2 N–H and O–H groups in total. The Morgan fingerprint density at radius 2 is 1.76 bits per heavy atom. The number of aromatic nitrogens is 3. The molecule has 0 spiro atoms. The van der Waals surface area contributed by atoms with Crippen LogP contribution in [0.2, 0.25) is 0 Å². The van der Waals surface area contributed by atoms with Gasteiger partial charge in [0.1, 0.15) is 5.82 Å². The minimum Gasteiger partial charge on any atom is -0.352 e. The maximum Gasteiger partial charge on any atom is 0.264 e. The van der Waals surface area contributed by atoms with Crippen molar-refractivity contribution in [1.82, 2.24) is 24.6 Å². The molecule has 2 aromatic heterocycles. The number of carbonyl (C=O) groups excluding carboxylic acids is 1. The summed E-state index contributed by atoms with van der Waals surface area (Å²) in [4.78, 5) is 32.2. The summed E-state index contributed by atoms with van der Waals surface area (Å²) in [5.74, 6) is 0.652. The van der Waals surface area contributed by atoms with Crippen LogP contribution in [-0.2, 0) is 6.54 Å². The molecule has 4 rings (SSSR count). The molecule has 7 nitrogen and oxygen atoms in total. The molecule has 1 amide bonds. The molecular formula is C30H37N5O2S. The van der Waals surface area contributed by atoms with Gasteiger partial charge in [-0.1, -0.05) is 68.8 Å². The van der Waals surface area contributed by atoms with Crippen LogP contribution in [0.5, 0.6) is 0 Å². The number of nitrogens with zero attached hydrogens (tertiary/aromatic N) is 3. The lowest BCUT2D eigenvalue weighted by molar-refractivity contribution is 0.0951. The van der Waals surface area contributed by atoms with Crippen LogP contribution in [-0.4, -0.2) is 38.5 Å². The van der Waals surface area contributed by atoms with E-state index in [4.69, 9.17) is 4.98 Å². The molecule has 2 atom stereocenters. The monoisotopic (exact) mass is 531 g/mol. The van der Waals surface area contributed by atoms with Gasteiger partial charge >= 0.3 is 0 Å². The first-order chi connectivity index (χ1) is 18.3. The van der Waals surface area contributed by atoms with Crippen molar-refractivity contribution in [2.45, 2.75) is 72.0 Å². The van der Waals surface area contributed by atoms with Crippen molar-refractivity contribution in [2.24, 2.45) is 0 Å². The van der Waals surface area contributed by atoms with Crippen molar-refractivity contribution in [2.75, 3.05) is 6.54 Å². The van der Waals surface area contributed by atoms with Crippen LogP contribution < -0.4 is 16.2 Å². The van der Waals surface area contributed by atoms with Crippen LogP contribution in [0.25, 0.3) is 10.2 Å². The molecule has 0 aliphatic heterocycles. The summed E-state index contributed by atoms with van der Waals surface area (Å²) in [6.07, 6.45) is 1.50. The first-order valence-corrected chi connectivity index (χ1v) is 14.1. The third kappa shape index (κ3) is 6.37. The van der Waals surface area contributed by atoms with E-state index in [-0.39, 0.29) is 29.5 Å². The molecule has 0 fully saturated rings. The molecule has 0 aliphatic carbocycles. The SMILES string of the molecule is CCC(c1nc2snc(C)c2c(=O)n1Cc1ccccc1)C(CCNC(=O)c1ccc(C)cc1)NC(C)C. The average molecular weight is 532 g/mol. The van der Waals surface area contributed by atoms with Gasteiger partial charge in [-0.2, -0.15) is 4.37 Å². The van der Waals surface area contributed by atoms with E-state index in [0.29, 0.717) is 35.3 Å². The Hall–Kier alpha value is -3.36. The van der Waals surface area contributed by atoms with Crippen LogP contribution in [0.4, 0.5) is 0 Å². The Morgan fingerprint density at radius 1 is 1.05 bits per heavy atom. The fraction of sp³-hybridized carbons (Fsp3) is 0.400. The fourth-order valence-electron chi connectivity index (χ4n) is 4.91. The number of benzene rings is 2. The lowest BCUT2D eigenvalue weighted by Gasteiger charge is -2.30. The van der Waals surface area contributed by atoms with Gasteiger partial charge in [-0.05, 0) is 55.9 Å². The van der Waals surface area contributed by atoms with E-state index in [9.17, 15) is 9.59 Å². The van der Waals surface area contributed by atoms with Crippen molar-refractivity contribution in [3.05, 3.63) is 93.2 Å². The number of nitrogens with one attached hydrogen (secondary N) is 2. The van der Waals surface area contributed by atoms with Crippen molar-refractivity contribution >= 4 is 27.7 Å². The summed E-state index contributed by atoms with van der Waals surface area (Å²) < 4.78 is 6.26. The van der Waals surface area contributed by atoms with Crippen LogP contribution in [0.3, 0.4) is 0 Å². The molecule has 0 bridgehead atoms. The summed E-state index contributed by atoms with van der Waals surface area (Å²) in [7, 11) is 0.